The highest BCUT2D eigenvalue weighted by Crippen LogP contribution is 2.44. The van der Waals surface area contributed by atoms with E-state index < -0.39 is 14.4 Å². The first-order chi connectivity index (χ1) is 21.9. The number of hydrogen-bond donors (Lipinski definition) is 1. The predicted octanol–water partition coefficient (Wildman–Crippen LogP) is 8.66. The fourth-order valence-electron chi connectivity index (χ4n) is 6.72. The number of ether oxygens (including phenoxy) is 6. The number of aliphatic hydroxyl groups excluding tert-OH is 1. The van der Waals surface area contributed by atoms with Gasteiger partial charge in [-0.1, -0.05) is 85.6 Å². The summed E-state index contributed by atoms with van der Waals surface area (Å²) in [6.45, 7) is 21.6. The summed E-state index contributed by atoms with van der Waals surface area (Å²) in [5.41, 5.74) is 3.52. The topological polar surface area (TPSA) is 84.8 Å². The van der Waals surface area contributed by atoms with E-state index in [9.17, 15) is 5.11 Å². The van der Waals surface area contributed by atoms with Crippen LogP contribution >= 0.6 is 0 Å². The highest BCUT2D eigenvalue weighted by molar-refractivity contribution is 6.77. The van der Waals surface area contributed by atoms with Gasteiger partial charge in [-0.2, -0.15) is 0 Å². The van der Waals surface area contributed by atoms with Crippen molar-refractivity contribution in [1.82, 2.24) is 0 Å². The quantitative estimate of drug-likeness (QED) is 0.0455. The predicted molar refractivity (Wildman–Crippen MR) is 190 cm³/mol. The Bertz CT molecular complexity index is 914. The van der Waals surface area contributed by atoms with Crippen molar-refractivity contribution in [3.05, 3.63) is 41.5 Å². The molecule has 0 fully saturated rings. The fourth-order valence-corrected chi connectivity index (χ4v) is 12.3. The van der Waals surface area contributed by atoms with Crippen molar-refractivity contribution >= 4 is 8.32 Å². The minimum absolute atomic E-state index is 0.0566. The second-order valence-corrected chi connectivity index (χ2v) is 19.1. The molecule has 46 heavy (non-hydrogen) atoms. The first-order valence-electron chi connectivity index (χ1n) is 17.3. The SMILES string of the molecule is CCC[C@H](C/C(C)=C/[C@@H](O)[C@@H](C)[C@H](C[C@@H](CCOCc1ccc(OC)cc1)O[Si](C(C)C)(C(C)C)C(C)C)OCOC)OCOC. The molecule has 5 atom stereocenters. The largest absolute Gasteiger partial charge is 0.497 e. The second-order valence-electron chi connectivity index (χ2n) is 13.6. The van der Waals surface area contributed by atoms with Gasteiger partial charge in [0.2, 0.25) is 8.32 Å². The van der Waals surface area contributed by atoms with E-state index in [1.165, 1.54) is 0 Å². The van der Waals surface area contributed by atoms with Crippen LogP contribution in [-0.2, 0) is 34.7 Å². The summed E-state index contributed by atoms with van der Waals surface area (Å²) in [5.74, 6) is 0.646. The standard InChI is InChI=1S/C37H68O8Si/c1-13-14-34(43-25-39-10)21-30(8)22-36(38)31(9)37(44-26-40-11)23-35(45-46(27(2)3,28(4)5)29(6)7)19-20-42-24-32-15-17-33(41-12)18-16-32/h15-18,22,27-29,31,34-38H,13-14,19-21,23-26H2,1-12H3/b30-22+/t31-,34-,35-,36-,37+/m1/s1. The Morgan fingerprint density at radius 2 is 1.41 bits per heavy atom. The summed E-state index contributed by atoms with van der Waals surface area (Å²) in [6.07, 6.45) is 5.02. The van der Waals surface area contributed by atoms with Crippen molar-refractivity contribution in [3.8, 4) is 5.75 Å². The molecule has 0 saturated heterocycles. The van der Waals surface area contributed by atoms with E-state index in [0.717, 1.165) is 42.6 Å². The molecule has 0 heterocycles. The molecule has 0 radical (unpaired) electrons. The molecule has 0 aliphatic rings. The number of hydrogen-bond acceptors (Lipinski definition) is 8. The molecule has 0 saturated carbocycles. The van der Waals surface area contributed by atoms with Gasteiger partial charge in [0.25, 0.3) is 0 Å². The third-order valence-electron chi connectivity index (χ3n) is 9.15. The van der Waals surface area contributed by atoms with Crippen molar-refractivity contribution in [2.24, 2.45) is 5.92 Å². The minimum Gasteiger partial charge on any atom is -0.497 e. The Balaban J connectivity index is 3.20. The van der Waals surface area contributed by atoms with E-state index >= 15 is 0 Å². The van der Waals surface area contributed by atoms with Crippen LogP contribution in [0.4, 0.5) is 0 Å². The van der Waals surface area contributed by atoms with Crippen molar-refractivity contribution < 1.29 is 38.0 Å². The number of benzene rings is 1. The van der Waals surface area contributed by atoms with Gasteiger partial charge in [0.1, 0.15) is 19.3 Å². The first kappa shape index (κ1) is 42.7. The molecule has 0 unspecified atom stereocenters. The molecule has 268 valence electrons. The molecular formula is C37H68O8Si. The van der Waals surface area contributed by atoms with Gasteiger partial charge in [-0.3, -0.25) is 0 Å². The lowest BCUT2D eigenvalue weighted by molar-refractivity contribution is -0.114. The maximum absolute atomic E-state index is 11.4. The lowest BCUT2D eigenvalue weighted by Crippen LogP contribution is -2.51. The van der Waals surface area contributed by atoms with Gasteiger partial charge in [-0.25, -0.2) is 0 Å². The second kappa shape index (κ2) is 23.1. The summed E-state index contributed by atoms with van der Waals surface area (Å²) in [7, 11) is 2.73. The Morgan fingerprint density at radius 3 is 1.93 bits per heavy atom. The van der Waals surface area contributed by atoms with E-state index in [1.807, 2.05) is 30.3 Å². The van der Waals surface area contributed by atoms with Crippen LogP contribution in [0.15, 0.2) is 35.9 Å². The molecule has 0 amide bonds. The third-order valence-corrected chi connectivity index (χ3v) is 15.3. The normalized spacial score (nSPS) is 16.2. The van der Waals surface area contributed by atoms with Gasteiger partial charge >= 0.3 is 0 Å². The number of aliphatic hydroxyl groups is 1. The molecule has 0 aromatic heterocycles. The van der Waals surface area contributed by atoms with Crippen molar-refractivity contribution in [3.63, 3.8) is 0 Å². The molecule has 1 aromatic carbocycles. The van der Waals surface area contributed by atoms with Crippen LogP contribution in [-0.4, -0.2) is 79.4 Å². The van der Waals surface area contributed by atoms with Crippen molar-refractivity contribution in [2.75, 3.05) is 41.5 Å². The van der Waals surface area contributed by atoms with Gasteiger partial charge in [-0.15, -0.1) is 0 Å². The van der Waals surface area contributed by atoms with Crippen LogP contribution in [0, 0.1) is 5.92 Å². The van der Waals surface area contributed by atoms with Gasteiger partial charge in [-0.05, 0) is 66.9 Å². The van der Waals surface area contributed by atoms with Crippen LogP contribution in [0.2, 0.25) is 16.6 Å². The van der Waals surface area contributed by atoms with Gasteiger partial charge in [0.05, 0.1) is 32.0 Å². The highest BCUT2D eigenvalue weighted by atomic mass is 28.4. The maximum Gasteiger partial charge on any atom is 0.200 e. The number of methoxy groups -OCH3 is 3. The van der Waals surface area contributed by atoms with E-state index in [1.54, 1.807) is 21.3 Å². The third kappa shape index (κ3) is 14.4. The molecule has 1 N–H and O–H groups in total. The van der Waals surface area contributed by atoms with Gasteiger partial charge < -0.3 is 38.0 Å². The molecule has 9 heteroatoms. The van der Waals surface area contributed by atoms with E-state index in [4.69, 9.17) is 32.8 Å². The van der Waals surface area contributed by atoms with Crippen molar-refractivity contribution in [1.29, 1.82) is 0 Å². The average molecular weight is 669 g/mol. The smallest absolute Gasteiger partial charge is 0.200 e. The van der Waals surface area contributed by atoms with Crippen LogP contribution in [0.25, 0.3) is 0 Å². The minimum atomic E-state index is -2.20. The molecule has 1 rings (SSSR count). The Kier molecular flexibility index (Phi) is 21.5. The van der Waals surface area contributed by atoms with Gasteiger partial charge in [0.15, 0.2) is 0 Å². The number of rotatable bonds is 26. The van der Waals surface area contributed by atoms with Gasteiger partial charge in [0, 0.05) is 32.8 Å². The fraction of sp³-hybridized carbons (Fsp3) is 0.784. The summed E-state index contributed by atoms with van der Waals surface area (Å²) in [4.78, 5) is 0. The summed E-state index contributed by atoms with van der Waals surface area (Å²) < 4.78 is 41.4. The van der Waals surface area contributed by atoms with Crippen LogP contribution in [0.5, 0.6) is 5.75 Å². The van der Waals surface area contributed by atoms with Crippen LogP contribution in [0.3, 0.4) is 0 Å². The monoisotopic (exact) mass is 668 g/mol. The Hall–Kier alpha value is -1.30. The zero-order valence-electron chi connectivity index (χ0n) is 31.2. The summed E-state index contributed by atoms with van der Waals surface area (Å²) in [5, 5.41) is 11.4. The first-order valence-corrected chi connectivity index (χ1v) is 19.4. The lowest BCUT2D eigenvalue weighted by Gasteiger charge is -2.45. The van der Waals surface area contributed by atoms with E-state index in [0.29, 0.717) is 36.3 Å². The molecule has 1 aromatic rings. The average Bonchev–Trinajstić information content (AvgIpc) is 3.01. The molecule has 0 bridgehead atoms. The molecule has 0 aliphatic carbocycles. The van der Waals surface area contributed by atoms with E-state index in [2.05, 4.69) is 62.3 Å². The maximum atomic E-state index is 11.4. The summed E-state index contributed by atoms with van der Waals surface area (Å²) in [6, 6.07) is 7.97. The molecular weight excluding hydrogens is 600 g/mol. The lowest BCUT2D eigenvalue weighted by atomic mass is 9.91. The van der Waals surface area contributed by atoms with Crippen LogP contribution < -0.4 is 4.74 Å². The molecule has 0 aliphatic heterocycles. The molecule has 8 nitrogen and oxygen atoms in total. The van der Waals surface area contributed by atoms with Crippen LogP contribution in [0.1, 0.15) is 100.0 Å². The Labute approximate surface area is 282 Å². The highest BCUT2D eigenvalue weighted by Gasteiger charge is 2.47. The Morgan fingerprint density at radius 1 is 0.826 bits per heavy atom. The molecule has 0 spiro atoms. The van der Waals surface area contributed by atoms with E-state index in [-0.39, 0.29) is 37.8 Å². The van der Waals surface area contributed by atoms with Crippen molar-refractivity contribution in [2.45, 2.75) is 142 Å². The zero-order valence-corrected chi connectivity index (χ0v) is 32.2. The summed E-state index contributed by atoms with van der Waals surface area (Å²) >= 11 is 0. The zero-order chi connectivity index (χ0) is 34.7.